The largest absolute Gasteiger partial charge is 0.532 e. The van der Waals surface area contributed by atoms with Gasteiger partial charge in [0.15, 0.2) is 0 Å². The summed E-state index contributed by atoms with van der Waals surface area (Å²) >= 11 is 0. The van der Waals surface area contributed by atoms with Gasteiger partial charge < -0.3 is 13.7 Å². The van der Waals surface area contributed by atoms with Crippen LogP contribution in [0.2, 0.25) is 0 Å². The summed E-state index contributed by atoms with van der Waals surface area (Å²) in [6.07, 6.45) is 7.01. The predicted octanol–water partition coefficient (Wildman–Crippen LogP) is 1.33. The van der Waals surface area contributed by atoms with Crippen LogP contribution in [0.3, 0.4) is 0 Å². The topological polar surface area (TPSA) is 31.6 Å². The Kier molecular flexibility index (Phi) is 2.11. The van der Waals surface area contributed by atoms with Crippen LogP contribution in [0, 0.1) is 0 Å². The van der Waals surface area contributed by atoms with Crippen LogP contribution in [0.15, 0.2) is 22.8 Å². The highest BCUT2D eigenvalue weighted by molar-refractivity contribution is 6.60. The maximum atomic E-state index is 5.79. The van der Waals surface area contributed by atoms with E-state index in [1.54, 1.807) is 6.26 Å². The fourth-order valence-electron chi connectivity index (χ4n) is 2.28. The first-order valence-corrected chi connectivity index (χ1v) is 5.28. The van der Waals surface area contributed by atoms with Crippen molar-refractivity contribution < 1.29 is 13.7 Å². The van der Waals surface area contributed by atoms with E-state index in [-0.39, 0.29) is 7.12 Å². The lowest BCUT2D eigenvalue weighted by atomic mass is 9.87. The molecule has 0 aromatic carbocycles. The lowest BCUT2D eigenvalue weighted by Crippen LogP contribution is -2.31. The van der Waals surface area contributed by atoms with E-state index in [0.717, 1.165) is 18.5 Å². The SMILES string of the molecule is c1coc(B2OC3CCCC[C@H]3O2)c1. The van der Waals surface area contributed by atoms with Gasteiger partial charge in [0, 0.05) is 0 Å². The van der Waals surface area contributed by atoms with Gasteiger partial charge in [-0.1, -0.05) is 12.8 Å². The van der Waals surface area contributed by atoms with Gasteiger partial charge in [-0.15, -0.1) is 0 Å². The highest BCUT2D eigenvalue weighted by Gasteiger charge is 2.43. The van der Waals surface area contributed by atoms with E-state index in [9.17, 15) is 0 Å². The molecule has 1 aromatic heterocycles. The molecule has 2 aliphatic rings. The van der Waals surface area contributed by atoms with Crippen molar-refractivity contribution >= 4 is 12.8 Å². The Labute approximate surface area is 83.5 Å². The molecule has 74 valence electrons. The lowest BCUT2D eigenvalue weighted by molar-refractivity contribution is 0.110. The molecule has 1 aliphatic carbocycles. The Hall–Kier alpha value is -0.735. The second kappa shape index (κ2) is 3.44. The van der Waals surface area contributed by atoms with Gasteiger partial charge in [-0.25, -0.2) is 0 Å². The van der Waals surface area contributed by atoms with Crippen LogP contribution in [0.4, 0.5) is 0 Å². The quantitative estimate of drug-likeness (QED) is 0.629. The van der Waals surface area contributed by atoms with Crippen molar-refractivity contribution in [2.24, 2.45) is 0 Å². The van der Waals surface area contributed by atoms with Crippen LogP contribution in [-0.4, -0.2) is 19.3 Å². The molecule has 0 bridgehead atoms. The van der Waals surface area contributed by atoms with Gasteiger partial charge in [0.25, 0.3) is 0 Å². The van der Waals surface area contributed by atoms with Crippen LogP contribution >= 0.6 is 0 Å². The molecule has 0 radical (unpaired) electrons. The van der Waals surface area contributed by atoms with Gasteiger partial charge in [-0.3, -0.25) is 0 Å². The highest BCUT2D eigenvalue weighted by Crippen LogP contribution is 2.29. The van der Waals surface area contributed by atoms with E-state index in [1.807, 2.05) is 12.1 Å². The first-order chi connectivity index (χ1) is 6.93. The molecule has 3 nitrogen and oxygen atoms in total. The molecule has 0 spiro atoms. The minimum Gasteiger partial charge on any atom is -0.473 e. The van der Waals surface area contributed by atoms with Crippen molar-refractivity contribution in [2.45, 2.75) is 37.9 Å². The van der Waals surface area contributed by atoms with Crippen LogP contribution in [0.1, 0.15) is 25.7 Å². The maximum absolute atomic E-state index is 5.79. The summed E-state index contributed by atoms with van der Waals surface area (Å²) < 4.78 is 16.9. The average Bonchev–Trinajstić information content (AvgIpc) is 2.86. The smallest absolute Gasteiger partial charge is 0.473 e. The summed E-state index contributed by atoms with van der Waals surface area (Å²) in [5.74, 6) is 0. The molecule has 3 rings (SSSR count). The molecule has 2 heterocycles. The van der Waals surface area contributed by atoms with E-state index >= 15 is 0 Å². The fraction of sp³-hybridized carbons (Fsp3) is 0.600. The van der Waals surface area contributed by atoms with Gasteiger partial charge >= 0.3 is 7.12 Å². The Morgan fingerprint density at radius 2 is 1.86 bits per heavy atom. The predicted molar refractivity (Wildman–Crippen MR) is 52.3 cm³/mol. The molecular formula is C10H13BO3. The Bertz CT molecular complexity index is 284. The minimum atomic E-state index is -0.266. The zero-order chi connectivity index (χ0) is 9.38. The van der Waals surface area contributed by atoms with Crippen molar-refractivity contribution in [1.82, 2.24) is 0 Å². The maximum Gasteiger partial charge on any atom is 0.532 e. The normalized spacial score (nSPS) is 31.9. The van der Waals surface area contributed by atoms with E-state index in [4.69, 9.17) is 13.7 Å². The summed E-state index contributed by atoms with van der Waals surface area (Å²) in [5, 5.41) is 0. The zero-order valence-electron chi connectivity index (χ0n) is 8.02. The van der Waals surface area contributed by atoms with E-state index in [0.29, 0.717) is 12.2 Å². The molecule has 1 unspecified atom stereocenters. The molecule has 0 N–H and O–H groups in total. The third-order valence-electron chi connectivity index (χ3n) is 3.01. The molecule has 14 heavy (non-hydrogen) atoms. The van der Waals surface area contributed by atoms with E-state index in [1.165, 1.54) is 12.8 Å². The van der Waals surface area contributed by atoms with Crippen molar-refractivity contribution in [3.63, 3.8) is 0 Å². The number of furan rings is 1. The zero-order valence-corrected chi connectivity index (χ0v) is 8.02. The molecule has 0 amide bonds. The van der Waals surface area contributed by atoms with E-state index < -0.39 is 0 Å². The second-order valence-electron chi connectivity index (χ2n) is 3.98. The van der Waals surface area contributed by atoms with Gasteiger partial charge in [0.05, 0.1) is 18.5 Å². The van der Waals surface area contributed by atoms with Crippen molar-refractivity contribution in [2.75, 3.05) is 0 Å². The first-order valence-electron chi connectivity index (χ1n) is 5.28. The van der Waals surface area contributed by atoms with Crippen molar-refractivity contribution in [3.8, 4) is 0 Å². The van der Waals surface area contributed by atoms with Gasteiger partial charge in [-0.05, 0) is 25.0 Å². The highest BCUT2D eigenvalue weighted by atomic mass is 16.7. The molecule has 2 atom stereocenters. The second-order valence-corrected chi connectivity index (χ2v) is 3.98. The molecule has 1 aliphatic heterocycles. The molecule has 1 saturated heterocycles. The molecule has 1 saturated carbocycles. The van der Waals surface area contributed by atoms with Crippen LogP contribution < -0.4 is 5.66 Å². The van der Waals surface area contributed by atoms with Crippen molar-refractivity contribution in [1.29, 1.82) is 0 Å². The van der Waals surface area contributed by atoms with Crippen LogP contribution in [0.25, 0.3) is 0 Å². The standard InChI is InChI=1S/C10H13BO3/c1-2-5-9-8(4-1)13-11(14-9)10-6-3-7-12-10/h3,6-9H,1-2,4-5H2/t8-,9?/m1/s1. The third-order valence-corrected chi connectivity index (χ3v) is 3.01. The molecular weight excluding hydrogens is 179 g/mol. The fourth-order valence-corrected chi connectivity index (χ4v) is 2.28. The van der Waals surface area contributed by atoms with Crippen LogP contribution in [-0.2, 0) is 9.31 Å². The van der Waals surface area contributed by atoms with Crippen LogP contribution in [0.5, 0.6) is 0 Å². The summed E-state index contributed by atoms with van der Waals surface area (Å²) in [7, 11) is -0.266. The number of hydrogen-bond donors (Lipinski definition) is 0. The Morgan fingerprint density at radius 1 is 1.14 bits per heavy atom. The minimum absolute atomic E-state index is 0.266. The van der Waals surface area contributed by atoms with Gasteiger partial charge in [-0.2, -0.15) is 0 Å². The number of fused-ring (bicyclic) bond motifs is 1. The lowest BCUT2D eigenvalue weighted by Gasteiger charge is -2.22. The molecule has 2 fully saturated rings. The van der Waals surface area contributed by atoms with E-state index in [2.05, 4.69) is 0 Å². The number of rotatable bonds is 1. The average molecular weight is 192 g/mol. The number of hydrogen-bond acceptors (Lipinski definition) is 3. The van der Waals surface area contributed by atoms with Crippen molar-refractivity contribution in [3.05, 3.63) is 18.4 Å². The summed E-state index contributed by atoms with van der Waals surface area (Å²) in [6, 6.07) is 3.77. The summed E-state index contributed by atoms with van der Waals surface area (Å²) in [6.45, 7) is 0. The third kappa shape index (κ3) is 1.39. The summed E-state index contributed by atoms with van der Waals surface area (Å²) in [5.41, 5.74) is 0.791. The Balaban J connectivity index is 1.74. The van der Waals surface area contributed by atoms with Gasteiger partial charge in [0.2, 0.25) is 0 Å². The molecule has 4 heteroatoms. The Morgan fingerprint density at radius 3 is 2.43 bits per heavy atom. The monoisotopic (exact) mass is 192 g/mol. The van der Waals surface area contributed by atoms with Gasteiger partial charge in [0.1, 0.15) is 5.66 Å². The molecule has 1 aromatic rings. The first kappa shape index (κ1) is 8.56. The summed E-state index contributed by atoms with van der Waals surface area (Å²) in [4.78, 5) is 0.